The van der Waals surface area contributed by atoms with Crippen LogP contribution in [0.25, 0.3) is 0 Å². The summed E-state index contributed by atoms with van der Waals surface area (Å²) in [5.41, 5.74) is 2.56. The van der Waals surface area contributed by atoms with Crippen molar-refractivity contribution in [1.29, 1.82) is 0 Å². The van der Waals surface area contributed by atoms with Gasteiger partial charge in [-0.15, -0.1) is 0 Å². The zero-order valence-corrected chi connectivity index (χ0v) is 13.4. The van der Waals surface area contributed by atoms with Crippen LogP contribution < -0.4 is 5.32 Å². The Bertz CT molecular complexity index is 567. The number of hydrogen-bond donors (Lipinski definition) is 1. The molecule has 1 saturated heterocycles. The zero-order valence-electron chi connectivity index (χ0n) is 13.4. The third-order valence-electron chi connectivity index (χ3n) is 4.63. The Kier molecular flexibility index (Phi) is 5.28. The Morgan fingerprint density at radius 3 is 2.78 bits per heavy atom. The molecule has 0 bridgehead atoms. The van der Waals surface area contributed by atoms with Crippen LogP contribution in [0.3, 0.4) is 0 Å². The minimum atomic E-state index is -0.0340. The van der Waals surface area contributed by atoms with E-state index in [0.29, 0.717) is 26.3 Å². The molecule has 1 heterocycles. The predicted octanol–water partition coefficient (Wildman–Crippen LogP) is 1.82. The molecule has 5 heteroatoms. The SMILES string of the molecule is O=C(CCC(=O)N1CCOCC1)N[C@H]1CCCc2ccccc21. The summed E-state index contributed by atoms with van der Waals surface area (Å²) in [7, 11) is 0. The van der Waals surface area contributed by atoms with Gasteiger partial charge < -0.3 is 15.0 Å². The predicted molar refractivity (Wildman–Crippen MR) is 86.9 cm³/mol. The fourth-order valence-corrected chi connectivity index (χ4v) is 3.36. The van der Waals surface area contributed by atoms with Crippen LogP contribution in [0.15, 0.2) is 24.3 Å². The molecule has 23 heavy (non-hydrogen) atoms. The molecule has 0 spiro atoms. The first kappa shape index (κ1) is 16.0. The van der Waals surface area contributed by atoms with Gasteiger partial charge in [0, 0.05) is 25.9 Å². The van der Waals surface area contributed by atoms with Gasteiger partial charge in [0.2, 0.25) is 11.8 Å². The number of benzene rings is 1. The Hall–Kier alpha value is -1.88. The first-order valence-corrected chi connectivity index (χ1v) is 8.47. The lowest BCUT2D eigenvalue weighted by atomic mass is 9.87. The highest BCUT2D eigenvalue weighted by atomic mass is 16.5. The third kappa shape index (κ3) is 4.10. The van der Waals surface area contributed by atoms with Gasteiger partial charge in [-0.1, -0.05) is 24.3 Å². The maximum Gasteiger partial charge on any atom is 0.223 e. The molecule has 1 fully saturated rings. The fraction of sp³-hybridized carbons (Fsp3) is 0.556. The number of ether oxygens (including phenoxy) is 1. The van der Waals surface area contributed by atoms with Gasteiger partial charge in [0.1, 0.15) is 0 Å². The monoisotopic (exact) mass is 316 g/mol. The second-order valence-corrected chi connectivity index (χ2v) is 6.20. The van der Waals surface area contributed by atoms with Crippen LogP contribution >= 0.6 is 0 Å². The van der Waals surface area contributed by atoms with E-state index in [2.05, 4.69) is 17.4 Å². The zero-order chi connectivity index (χ0) is 16.1. The number of morpholine rings is 1. The minimum absolute atomic E-state index is 0.0340. The van der Waals surface area contributed by atoms with Crippen LogP contribution in [0.1, 0.15) is 42.9 Å². The lowest BCUT2D eigenvalue weighted by Gasteiger charge is -2.28. The molecule has 0 saturated carbocycles. The van der Waals surface area contributed by atoms with Crippen molar-refractivity contribution >= 4 is 11.8 Å². The van der Waals surface area contributed by atoms with Crippen molar-refractivity contribution < 1.29 is 14.3 Å². The van der Waals surface area contributed by atoms with Crippen molar-refractivity contribution in [1.82, 2.24) is 10.2 Å². The number of amides is 2. The average molecular weight is 316 g/mol. The van der Waals surface area contributed by atoms with Crippen molar-refractivity contribution in [2.45, 2.75) is 38.1 Å². The number of nitrogens with one attached hydrogen (secondary N) is 1. The summed E-state index contributed by atoms with van der Waals surface area (Å²) in [6.45, 7) is 2.46. The third-order valence-corrected chi connectivity index (χ3v) is 4.63. The van der Waals surface area contributed by atoms with Gasteiger partial charge in [0.05, 0.1) is 19.3 Å². The van der Waals surface area contributed by atoms with Crippen molar-refractivity contribution in [2.24, 2.45) is 0 Å². The summed E-state index contributed by atoms with van der Waals surface area (Å²) in [5.74, 6) is 0.0146. The van der Waals surface area contributed by atoms with Gasteiger partial charge in [-0.2, -0.15) is 0 Å². The summed E-state index contributed by atoms with van der Waals surface area (Å²) in [6.07, 6.45) is 3.68. The number of fused-ring (bicyclic) bond motifs is 1. The lowest BCUT2D eigenvalue weighted by molar-refractivity contribution is -0.137. The second-order valence-electron chi connectivity index (χ2n) is 6.20. The van der Waals surface area contributed by atoms with Crippen LogP contribution in [-0.4, -0.2) is 43.0 Å². The molecular formula is C18H24N2O3. The molecule has 0 aromatic heterocycles. The van der Waals surface area contributed by atoms with E-state index in [1.165, 1.54) is 11.1 Å². The average Bonchev–Trinajstić information content (AvgIpc) is 2.61. The minimum Gasteiger partial charge on any atom is -0.378 e. The highest BCUT2D eigenvalue weighted by Crippen LogP contribution is 2.29. The standard InChI is InChI=1S/C18H24N2O3/c21-17(8-9-18(22)20-10-12-23-13-11-20)19-16-7-3-5-14-4-1-2-6-15(14)16/h1-2,4,6,16H,3,5,7-13H2,(H,19,21)/t16-/m0/s1. The number of rotatable bonds is 4. The summed E-state index contributed by atoms with van der Waals surface area (Å²) in [5, 5.41) is 3.10. The smallest absolute Gasteiger partial charge is 0.223 e. The van der Waals surface area contributed by atoms with Gasteiger partial charge in [0.15, 0.2) is 0 Å². The molecular weight excluding hydrogens is 292 g/mol. The van der Waals surface area contributed by atoms with E-state index in [4.69, 9.17) is 4.74 Å². The van der Waals surface area contributed by atoms with Gasteiger partial charge in [0.25, 0.3) is 0 Å². The van der Waals surface area contributed by atoms with Gasteiger partial charge in [-0.25, -0.2) is 0 Å². The van der Waals surface area contributed by atoms with Crippen molar-refractivity contribution in [3.8, 4) is 0 Å². The molecule has 1 N–H and O–H groups in total. The highest BCUT2D eigenvalue weighted by Gasteiger charge is 2.22. The van der Waals surface area contributed by atoms with E-state index in [1.54, 1.807) is 4.90 Å². The molecule has 1 aromatic rings. The van der Waals surface area contributed by atoms with E-state index in [1.807, 2.05) is 12.1 Å². The van der Waals surface area contributed by atoms with E-state index >= 15 is 0 Å². The summed E-state index contributed by atoms with van der Waals surface area (Å²) in [4.78, 5) is 26.1. The molecule has 1 atom stereocenters. The summed E-state index contributed by atoms with van der Waals surface area (Å²) < 4.78 is 5.24. The van der Waals surface area contributed by atoms with E-state index < -0.39 is 0 Å². The van der Waals surface area contributed by atoms with Crippen molar-refractivity contribution in [3.63, 3.8) is 0 Å². The Morgan fingerprint density at radius 2 is 1.96 bits per heavy atom. The van der Waals surface area contributed by atoms with Crippen LogP contribution in [0.5, 0.6) is 0 Å². The lowest BCUT2D eigenvalue weighted by Crippen LogP contribution is -2.41. The number of hydrogen-bond acceptors (Lipinski definition) is 3. The number of carbonyl (C=O) groups is 2. The first-order chi connectivity index (χ1) is 11.2. The second kappa shape index (κ2) is 7.59. The molecule has 1 aliphatic heterocycles. The summed E-state index contributed by atoms with van der Waals surface area (Å²) in [6, 6.07) is 8.38. The molecule has 2 amide bonds. The number of nitrogens with zero attached hydrogens (tertiary/aromatic N) is 1. The maximum atomic E-state index is 12.2. The molecule has 0 radical (unpaired) electrons. The molecule has 3 rings (SSSR count). The molecule has 0 unspecified atom stereocenters. The van der Waals surface area contributed by atoms with E-state index in [-0.39, 0.29) is 30.7 Å². The fourth-order valence-electron chi connectivity index (χ4n) is 3.36. The van der Waals surface area contributed by atoms with Crippen LogP contribution in [0, 0.1) is 0 Å². The molecule has 1 aliphatic carbocycles. The first-order valence-electron chi connectivity index (χ1n) is 8.47. The molecule has 1 aromatic carbocycles. The highest BCUT2D eigenvalue weighted by molar-refractivity contribution is 5.84. The van der Waals surface area contributed by atoms with Gasteiger partial charge in [-0.3, -0.25) is 9.59 Å². The normalized spacial score (nSPS) is 20.7. The Morgan fingerprint density at radius 1 is 1.17 bits per heavy atom. The quantitative estimate of drug-likeness (QED) is 0.922. The van der Waals surface area contributed by atoms with E-state index in [0.717, 1.165) is 19.3 Å². The topological polar surface area (TPSA) is 58.6 Å². The van der Waals surface area contributed by atoms with Crippen molar-refractivity contribution in [2.75, 3.05) is 26.3 Å². The maximum absolute atomic E-state index is 12.2. The van der Waals surface area contributed by atoms with Crippen LogP contribution in [-0.2, 0) is 20.7 Å². The van der Waals surface area contributed by atoms with Gasteiger partial charge in [-0.05, 0) is 30.4 Å². The Balaban J connectivity index is 1.49. The number of carbonyl (C=O) groups excluding carboxylic acids is 2. The molecule has 5 nitrogen and oxygen atoms in total. The van der Waals surface area contributed by atoms with Gasteiger partial charge >= 0.3 is 0 Å². The molecule has 124 valence electrons. The Labute approximate surface area is 137 Å². The molecule has 2 aliphatic rings. The van der Waals surface area contributed by atoms with Crippen LogP contribution in [0.2, 0.25) is 0 Å². The number of aryl methyl sites for hydroxylation is 1. The van der Waals surface area contributed by atoms with Crippen molar-refractivity contribution in [3.05, 3.63) is 35.4 Å². The van der Waals surface area contributed by atoms with Crippen LogP contribution in [0.4, 0.5) is 0 Å². The largest absolute Gasteiger partial charge is 0.378 e. The summed E-state index contributed by atoms with van der Waals surface area (Å²) >= 11 is 0. The van der Waals surface area contributed by atoms with E-state index in [9.17, 15) is 9.59 Å².